The predicted octanol–water partition coefficient (Wildman–Crippen LogP) is 1.52. The summed E-state index contributed by atoms with van der Waals surface area (Å²) < 4.78 is 54.8. The zero-order chi connectivity index (χ0) is 12.5. The van der Waals surface area contributed by atoms with E-state index in [0.29, 0.717) is 0 Å². The highest BCUT2D eigenvalue weighted by atomic mass is 19.3. The standard InChI is InChI=1S/C9H13F4NO2/c1-5-3-14(4-6(2)16-5)8(15)9(12,13)7(10)11/h5-7H,3-4H2,1-2H3. The number of carbonyl (C=O) groups is 1. The van der Waals surface area contributed by atoms with Gasteiger partial charge >= 0.3 is 12.3 Å². The Bertz CT molecular complexity index is 262. The van der Waals surface area contributed by atoms with E-state index in [1.165, 1.54) is 0 Å². The van der Waals surface area contributed by atoms with Gasteiger partial charge in [0.15, 0.2) is 0 Å². The molecule has 1 saturated heterocycles. The second-order valence-electron chi connectivity index (χ2n) is 3.89. The summed E-state index contributed by atoms with van der Waals surface area (Å²) in [5.41, 5.74) is 0. The van der Waals surface area contributed by atoms with Crippen LogP contribution in [0.5, 0.6) is 0 Å². The summed E-state index contributed by atoms with van der Waals surface area (Å²) in [6.45, 7) is 3.00. The van der Waals surface area contributed by atoms with Gasteiger partial charge in [0.05, 0.1) is 12.2 Å². The fourth-order valence-electron chi connectivity index (χ4n) is 1.65. The highest BCUT2D eigenvalue weighted by molar-refractivity contribution is 5.84. The molecule has 1 fully saturated rings. The van der Waals surface area contributed by atoms with Crippen LogP contribution in [0.1, 0.15) is 13.8 Å². The van der Waals surface area contributed by atoms with Crippen LogP contribution in [0.4, 0.5) is 17.6 Å². The van der Waals surface area contributed by atoms with Gasteiger partial charge < -0.3 is 9.64 Å². The molecule has 0 N–H and O–H groups in total. The molecule has 0 saturated carbocycles. The summed E-state index contributed by atoms with van der Waals surface area (Å²) in [4.78, 5) is 11.9. The Kier molecular flexibility index (Phi) is 3.77. The Labute approximate surface area is 90.3 Å². The molecule has 0 spiro atoms. The molecular weight excluding hydrogens is 230 g/mol. The number of hydrogen-bond acceptors (Lipinski definition) is 2. The van der Waals surface area contributed by atoms with Gasteiger partial charge in [-0.15, -0.1) is 0 Å². The Hall–Kier alpha value is -0.850. The normalized spacial score (nSPS) is 27.3. The van der Waals surface area contributed by atoms with Crippen molar-refractivity contribution in [3.63, 3.8) is 0 Å². The van der Waals surface area contributed by atoms with Gasteiger partial charge in [0.25, 0.3) is 5.91 Å². The minimum Gasteiger partial charge on any atom is -0.372 e. The van der Waals surface area contributed by atoms with Gasteiger partial charge in [-0.05, 0) is 13.8 Å². The molecular formula is C9H13F4NO2. The van der Waals surface area contributed by atoms with Gasteiger partial charge in [-0.25, -0.2) is 8.78 Å². The summed E-state index contributed by atoms with van der Waals surface area (Å²) in [7, 11) is 0. The molecule has 0 bridgehead atoms. The van der Waals surface area contributed by atoms with Crippen LogP contribution in [-0.4, -0.2) is 48.5 Å². The minimum absolute atomic E-state index is 0.0918. The molecule has 0 aromatic heterocycles. The fraction of sp³-hybridized carbons (Fsp3) is 0.889. The summed E-state index contributed by atoms with van der Waals surface area (Å²) >= 11 is 0. The zero-order valence-electron chi connectivity index (χ0n) is 8.92. The number of rotatable bonds is 2. The molecule has 1 rings (SSSR count). The van der Waals surface area contributed by atoms with E-state index in [0.717, 1.165) is 4.90 Å². The van der Waals surface area contributed by atoms with Crippen LogP contribution in [0.25, 0.3) is 0 Å². The molecule has 0 radical (unpaired) electrons. The maximum atomic E-state index is 12.8. The van der Waals surface area contributed by atoms with Crippen molar-refractivity contribution in [2.75, 3.05) is 13.1 Å². The molecule has 7 heteroatoms. The molecule has 1 aliphatic rings. The first-order valence-electron chi connectivity index (χ1n) is 4.86. The highest BCUT2D eigenvalue weighted by Crippen LogP contribution is 2.26. The first-order chi connectivity index (χ1) is 7.25. The molecule has 0 aromatic rings. The lowest BCUT2D eigenvalue weighted by atomic mass is 10.2. The van der Waals surface area contributed by atoms with E-state index in [-0.39, 0.29) is 13.1 Å². The molecule has 0 aromatic carbocycles. The molecule has 2 unspecified atom stereocenters. The smallest absolute Gasteiger partial charge is 0.372 e. The van der Waals surface area contributed by atoms with Crippen molar-refractivity contribution in [3.8, 4) is 0 Å². The van der Waals surface area contributed by atoms with Crippen molar-refractivity contribution < 1.29 is 27.1 Å². The first kappa shape index (κ1) is 13.2. The molecule has 94 valence electrons. The monoisotopic (exact) mass is 243 g/mol. The number of halogens is 4. The van der Waals surface area contributed by atoms with Gasteiger partial charge in [-0.1, -0.05) is 0 Å². The summed E-state index contributed by atoms with van der Waals surface area (Å²) in [6, 6.07) is 0. The number of carbonyl (C=O) groups excluding carboxylic acids is 1. The van der Waals surface area contributed by atoms with E-state index in [1.807, 2.05) is 0 Å². The van der Waals surface area contributed by atoms with Crippen LogP contribution in [0.2, 0.25) is 0 Å². The lowest BCUT2D eigenvalue weighted by Gasteiger charge is -2.36. The van der Waals surface area contributed by atoms with Crippen LogP contribution in [-0.2, 0) is 9.53 Å². The zero-order valence-corrected chi connectivity index (χ0v) is 8.92. The molecule has 1 aliphatic heterocycles. The number of ether oxygens (including phenoxy) is 1. The Morgan fingerprint density at radius 2 is 1.75 bits per heavy atom. The number of amides is 1. The topological polar surface area (TPSA) is 29.5 Å². The number of hydrogen-bond donors (Lipinski definition) is 0. The number of alkyl halides is 4. The Morgan fingerprint density at radius 1 is 1.31 bits per heavy atom. The quantitative estimate of drug-likeness (QED) is 0.688. The largest absolute Gasteiger partial charge is 0.383 e. The van der Waals surface area contributed by atoms with E-state index in [4.69, 9.17) is 4.74 Å². The maximum absolute atomic E-state index is 12.8. The Morgan fingerprint density at radius 3 is 2.12 bits per heavy atom. The van der Waals surface area contributed by atoms with E-state index in [9.17, 15) is 22.4 Å². The lowest BCUT2D eigenvalue weighted by Crippen LogP contribution is -2.55. The number of morpholine rings is 1. The van der Waals surface area contributed by atoms with E-state index >= 15 is 0 Å². The third-order valence-electron chi connectivity index (χ3n) is 2.27. The van der Waals surface area contributed by atoms with Gasteiger partial charge in [-0.2, -0.15) is 8.78 Å². The van der Waals surface area contributed by atoms with Gasteiger partial charge in [0, 0.05) is 13.1 Å². The second-order valence-corrected chi connectivity index (χ2v) is 3.89. The van der Waals surface area contributed by atoms with E-state index in [2.05, 4.69) is 0 Å². The van der Waals surface area contributed by atoms with Crippen molar-refractivity contribution in [1.29, 1.82) is 0 Å². The molecule has 1 amide bonds. The molecule has 3 nitrogen and oxygen atoms in total. The average molecular weight is 243 g/mol. The van der Waals surface area contributed by atoms with E-state index < -0.39 is 30.5 Å². The van der Waals surface area contributed by atoms with Crippen LogP contribution in [0.3, 0.4) is 0 Å². The fourth-order valence-corrected chi connectivity index (χ4v) is 1.65. The van der Waals surface area contributed by atoms with Crippen LogP contribution in [0.15, 0.2) is 0 Å². The molecule has 2 atom stereocenters. The van der Waals surface area contributed by atoms with E-state index in [1.54, 1.807) is 13.8 Å². The van der Waals surface area contributed by atoms with Crippen molar-refractivity contribution >= 4 is 5.91 Å². The first-order valence-corrected chi connectivity index (χ1v) is 4.86. The third kappa shape index (κ3) is 2.63. The molecule has 1 heterocycles. The van der Waals surface area contributed by atoms with Gasteiger partial charge in [0.1, 0.15) is 0 Å². The Balaban J connectivity index is 2.74. The predicted molar refractivity (Wildman–Crippen MR) is 47.5 cm³/mol. The van der Waals surface area contributed by atoms with Crippen molar-refractivity contribution in [2.45, 2.75) is 38.4 Å². The minimum atomic E-state index is -4.61. The van der Waals surface area contributed by atoms with Gasteiger partial charge in [-0.3, -0.25) is 4.79 Å². The van der Waals surface area contributed by atoms with Crippen molar-refractivity contribution in [3.05, 3.63) is 0 Å². The maximum Gasteiger partial charge on any atom is 0.383 e. The second kappa shape index (κ2) is 4.57. The van der Waals surface area contributed by atoms with Crippen LogP contribution >= 0.6 is 0 Å². The van der Waals surface area contributed by atoms with Crippen molar-refractivity contribution in [2.24, 2.45) is 0 Å². The average Bonchev–Trinajstić information content (AvgIpc) is 2.14. The number of nitrogens with zero attached hydrogens (tertiary/aromatic N) is 1. The van der Waals surface area contributed by atoms with Gasteiger partial charge in [0.2, 0.25) is 0 Å². The van der Waals surface area contributed by atoms with Crippen LogP contribution < -0.4 is 0 Å². The summed E-state index contributed by atoms with van der Waals surface area (Å²) in [5.74, 6) is -6.44. The summed E-state index contributed by atoms with van der Waals surface area (Å²) in [5, 5.41) is 0. The highest BCUT2D eigenvalue weighted by Gasteiger charge is 2.51. The third-order valence-corrected chi connectivity index (χ3v) is 2.27. The lowest BCUT2D eigenvalue weighted by molar-refractivity contribution is -0.188. The molecule has 16 heavy (non-hydrogen) atoms. The van der Waals surface area contributed by atoms with Crippen molar-refractivity contribution in [1.82, 2.24) is 4.90 Å². The summed E-state index contributed by atoms with van der Waals surface area (Å²) in [6.07, 6.45) is -4.84. The van der Waals surface area contributed by atoms with Crippen LogP contribution in [0, 0.1) is 0 Å². The molecule has 0 aliphatic carbocycles. The SMILES string of the molecule is CC1CN(C(=O)C(F)(F)C(F)F)CC(C)O1.